The van der Waals surface area contributed by atoms with Crippen LogP contribution in [0.5, 0.6) is 0 Å². The van der Waals surface area contributed by atoms with Crippen LogP contribution in [0.1, 0.15) is 174 Å². The maximum atomic E-state index is 12.5. The second-order valence-electron chi connectivity index (χ2n) is 13.6. The lowest BCUT2D eigenvalue weighted by Gasteiger charge is -2.25. The van der Waals surface area contributed by atoms with Crippen molar-refractivity contribution in [3.63, 3.8) is 0 Å². The minimum absolute atomic E-state index is 0.114. The van der Waals surface area contributed by atoms with Crippen LogP contribution in [0, 0.1) is 0 Å². The van der Waals surface area contributed by atoms with Gasteiger partial charge in [-0.3, -0.25) is 14.2 Å². The fourth-order valence-electron chi connectivity index (χ4n) is 5.40. The number of allylic oxidation sites excluding steroid dienone is 8. The third kappa shape index (κ3) is 37.7. The summed E-state index contributed by atoms with van der Waals surface area (Å²) in [5, 5.41) is 0. The van der Waals surface area contributed by atoms with Crippen LogP contribution in [0.25, 0.3) is 0 Å². The lowest BCUT2D eigenvalue weighted by atomic mass is 10.0. The second-order valence-corrected chi connectivity index (χ2v) is 15.0. The second kappa shape index (κ2) is 38.7. The van der Waals surface area contributed by atoms with E-state index in [4.69, 9.17) is 18.5 Å². The van der Waals surface area contributed by atoms with Crippen molar-refractivity contribution < 1.29 is 43.3 Å². The van der Waals surface area contributed by atoms with Crippen LogP contribution in [0.3, 0.4) is 0 Å². The molecule has 0 aliphatic carbocycles. The number of rotatable bonds is 38. The Balaban J connectivity index is 4.29. The highest BCUT2D eigenvalue weighted by atomic mass is 31.2. The first-order valence-electron chi connectivity index (χ1n) is 20.7. The van der Waals surface area contributed by atoms with E-state index in [-0.39, 0.29) is 32.6 Å². The molecule has 0 fully saturated rings. The van der Waals surface area contributed by atoms with Crippen molar-refractivity contribution >= 4 is 19.8 Å². The molecule has 10 heteroatoms. The van der Waals surface area contributed by atoms with Gasteiger partial charge in [-0.2, -0.15) is 0 Å². The summed E-state index contributed by atoms with van der Waals surface area (Å²) in [7, 11) is -4.60. The van der Waals surface area contributed by atoms with Gasteiger partial charge >= 0.3 is 11.9 Å². The third-order valence-corrected chi connectivity index (χ3v) is 9.45. The van der Waals surface area contributed by atoms with Crippen LogP contribution < -0.4 is 10.6 Å². The Labute approximate surface area is 317 Å². The molecule has 0 saturated carbocycles. The Morgan fingerprint density at radius 1 is 0.577 bits per heavy atom. The summed E-state index contributed by atoms with van der Waals surface area (Å²) in [6, 6.07) is 0. The first-order chi connectivity index (χ1) is 25.3. The number of quaternary nitrogens is 1. The van der Waals surface area contributed by atoms with Crippen molar-refractivity contribution in [2.45, 2.75) is 180 Å². The number of phosphoric acid groups is 1. The summed E-state index contributed by atoms with van der Waals surface area (Å²) in [5.74, 6) is -0.911. The molecule has 3 N–H and O–H groups in total. The number of phosphoric ester groups is 1. The van der Waals surface area contributed by atoms with E-state index < -0.39 is 32.5 Å². The minimum Gasteiger partial charge on any atom is -0.756 e. The monoisotopic (exact) mass is 754 g/mol. The normalized spacial score (nSPS) is 13.8. The van der Waals surface area contributed by atoms with E-state index in [9.17, 15) is 19.0 Å². The molecular weight excluding hydrogens is 677 g/mol. The molecule has 0 aliphatic rings. The number of hydrogen-bond donors (Lipinski definition) is 1. The summed E-state index contributed by atoms with van der Waals surface area (Å²) in [6.07, 6.45) is 42.8. The number of esters is 2. The van der Waals surface area contributed by atoms with E-state index in [0.717, 1.165) is 38.5 Å². The fraction of sp³-hybridized carbons (Fsp3) is 0.762. The average molecular weight is 754 g/mol. The Hall–Kier alpha value is -2.03. The quantitative estimate of drug-likeness (QED) is 0.0285. The van der Waals surface area contributed by atoms with Crippen LogP contribution in [-0.2, 0) is 32.7 Å². The Morgan fingerprint density at radius 3 is 1.54 bits per heavy atom. The maximum absolute atomic E-state index is 12.5. The van der Waals surface area contributed by atoms with Gasteiger partial charge in [-0.25, -0.2) is 0 Å². The Morgan fingerprint density at radius 2 is 1.02 bits per heavy atom. The van der Waals surface area contributed by atoms with Gasteiger partial charge in [-0.15, -0.1) is 0 Å². The lowest BCUT2D eigenvalue weighted by Crippen LogP contribution is -2.52. The van der Waals surface area contributed by atoms with Crippen LogP contribution in [0.2, 0.25) is 0 Å². The maximum Gasteiger partial charge on any atom is 0.306 e. The van der Waals surface area contributed by atoms with Gasteiger partial charge in [0.25, 0.3) is 7.82 Å². The van der Waals surface area contributed by atoms with Gasteiger partial charge in [-0.05, 0) is 51.4 Å². The fourth-order valence-corrected chi connectivity index (χ4v) is 6.17. The standard InChI is InChI=1S/C42H76NO8P/c1-3-5-7-9-11-13-15-17-19-20-21-23-25-27-29-31-33-35-42(45)51-40(39-50-52(46,47)49-37-36-43)38-48-41(44)34-32-30-28-26-24-22-18-16-14-12-10-8-6-4-2/h11,13,17,19,21,23,27,29,40H,3-10,12,14-16,18,20,22,24-26,28,30-39,43H2,1-2H3,(H,46,47)/b13-11-,19-17-,23-21-,29-27-/t40-/m1/s1. The van der Waals surface area contributed by atoms with Crippen LogP contribution in [0.4, 0.5) is 0 Å². The summed E-state index contributed by atoms with van der Waals surface area (Å²) < 4.78 is 32.4. The summed E-state index contributed by atoms with van der Waals surface area (Å²) in [6.45, 7) is 3.84. The molecule has 302 valence electrons. The average Bonchev–Trinajstić information content (AvgIpc) is 3.13. The van der Waals surface area contributed by atoms with Crippen molar-refractivity contribution in [3.05, 3.63) is 48.6 Å². The molecule has 2 atom stereocenters. The number of carbonyl (C=O) groups excluding carboxylic acids is 2. The number of ether oxygens (including phenoxy) is 2. The van der Waals surface area contributed by atoms with E-state index in [1.807, 2.05) is 6.08 Å². The van der Waals surface area contributed by atoms with Crippen molar-refractivity contribution in [3.8, 4) is 0 Å². The molecule has 0 bridgehead atoms. The summed E-state index contributed by atoms with van der Waals surface area (Å²) in [4.78, 5) is 36.9. The van der Waals surface area contributed by atoms with Crippen LogP contribution in [0.15, 0.2) is 48.6 Å². The van der Waals surface area contributed by atoms with Crippen molar-refractivity contribution in [1.29, 1.82) is 0 Å². The molecular formula is C42H76NO8P. The molecule has 0 aromatic rings. The zero-order valence-electron chi connectivity index (χ0n) is 33.1. The predicted octanol–water partition coefficient (Wildman–Crippen LogP) is 10.2. The highest BCUT2D eigenvalue weighted by molar-refractivity contribution is 7.45. The predicted molar refractivity (Wildman–Crippen MR) is 211 cm³/mol. The van der Waals surface area contributed by atoms with Crippen molar-refractivity contribution in [2.24, 2.45) is 0 Å². The smallest absolute Gasteiger partial charge is 0.306 e. The minimum atomic E-state index is -4.60. The third-order valence-electron chi connectivity index (χ3n) is 8.48. The molecule has 0 aromatic carbocycles. The van der Waals surface area contributed by atoms with E-state index in [0.29, 0.717) is 12.8 Å². The van der Waals surface area contributed by atoms with Gasteiger partial charge < -0.3 is 29.1 Å². The van der Waals surface area contributed by atoms with Gasteiger partial charge in [0.2, 0.25) is 0 Å². The lowest BCUT2D eigenvalue weighted by molar-refractivity contribution is -0.373. The van der Waals surface area contributed by atoms with Gasteiger partial charge in [-0.1, -0.05) is 159 Å². The SMILES string of the molecule is CCCCC/C=C\C/C=C\C/C=C\C/C=C\CCCC(=O)O[C@H](COC(=O)CCCCCCCCCCCCCCCC)COP(=O)([O-])OCC[NH3+]. The molecule has 0 heterocycles. The van der Waals surface area contributed by atoms with Gasteiger partial charge in [0.05, 0.1) is 13.2 Å². The van der Waals surface area contributed by atoms with E-state index >= 15 is 0 Å². The Bertz CT molecular complexity index is 996. The van der Waals surface area contributed by atoms with Crippen LogP contribution >= 0.6 is 7.82 Å². The number of carbonyl (C=O) groups is 2. The Kier molecular flexibility index (Phi) is 37.2. The van der Waals surface area contributed by atoms with Crippen molar-refractivity contribution in [2.75, 3.05) is 26.4 Å². The summed E-state index contributed by atoms with van der Waals surface area (Å²) in [5.41, 5.74) is 3.54. The number of hydrogen-bond acceptors (Lipinski definition) is 8. The van der Waals surface area contributed by atoms with E-state index in [1.54, 1.807) is 0 Å². The van der Waals surface area contributed by atoms with E-state index in [2.05, 4.69) is 62.1 Å². The molecule has 0 amide bonds. The molecule has 0 aromatic heterocycles. The van der Waals surface area contributed by atoms with Gasteiger partial charge in [0, 0.05) is 12.8 Å². The van der Waals surface area contributed by atoms with Gasteiger partial charge in [0.15, 0.2) is 6.10 Å². The van der Waals surface area contributed by atoms with Gasteiger partial charge in [0.1, 0.15) is 13.2 Å². The van der Waals surface area contributed by atoms with Crippen LogP contribution in [-0.4, -0.2) is 44.4 Å². The first kappa shape index (κ1) is 50.0. The topological polar surface area (TPSA) is 139 Å². The largest absolute Gasteiger partial charge is 0.756 e. The molecule has 1 unspecified atom stereocenters. The zero-order valence-corrected chi connectivity index (χ0v) is 34.0. The molecule has 0 spiro atoms. The van der Waals surface area contributed by atoms with Crippen molar-refractivity contribution in [1.82, 2.24) is 0 Å². The number of unbranched alkanes of at least 4 members (excludes halogenated alkanes) is 17. The van der Waals surface area contributed by atoms with E-state index in [1.165, 1.54) is 96.3 Å². The molecule has 52 heavy (non-hydrogen) atoms. The highest BCUT2D eigenvalue weighted by Gasteiger charge is 2.21. The molecule has 0 radical (unpaired) electrons. The first-order valence-corrected chi connectivity index (χ1v) is 22.1. The zero-order chi connectivity index (χ0) is 38.2. The summed E-state index contributed by atoms with van der Waals surface area (Å²) >= 11 is 0. The molecule has 0 aliphatic heterocycles. The highest BCUT2D eigenvalue weighted by Crippen LogP contribution is 2.38. The molecule has 0 rings (SSSR count). The molecule has 9 nitrogen and oxygen atoms in total. The molecule has 0 saturated heterocycles.